The van der Waals surface area contributed by atoms with E-state index in [1.165, 1.54) is 16.4 Å². The molecule has 2 heterocycles. The van der Waals surface area contributed by atoms with Crippen molar-refractivity contribution in [3.8, 4) is 0 Å². The molecule has 1 amide bonds. The number of thiazole rings is 1. The first-order valence-electron chi connectivity index (χ1n) is 9.53. The Morgan fingerprint density at radius 3 is 2.33 bits per heavy atom. The Labute approximate surface area is 184 Å². The van der Waals surface area contributed by atoms with Gasteiger partial charge in [-0.2, -0.15) is 4.31 Å². The highest BCUT2D eigenvalue weighted by Gasteiger charge is 2.27. The molecule has 0 spiro atoms. The molecule has 1 N–H and O–H groups in total. The number of nitrogens with zero attached hydrogens (tertiary/aromatic N) is 2. The van der Waals surface area contributed by atoms with Crippen molar-refractivity contribution >= 4 is 44.7 Å². The molecule has 2 aromatic carbocycles. The van der Waals surface area contributed by atoms with E-state index in [1.807, 2.05) is 36.6 Å². The van der Waals surface area contributed by atoms with E-state index in [0.29, 0.717) is 24.3 Å². The number of sulfonamides is 1. The molecule has 0 unspecified atom stereocenters. The monoisotopic (exact) mass is 459 g/mol. The van der Waals surface area contributed by atoms with Gasteiger partial charge in [-0.25, -0.2) is 13.4 Å². The van der Waals surface area contributed by atoms with E-state index in [4.69, 9.17) is 0 Å². The van der Waals surface area contributed by atoms with Gasteiger partial charge in [-0.05, 0) is 68.3 Å². The van der Waals surface area contributed by atoms with Crippen LogP contribution in [0.25, 0.3) is 0 Å². The number of hydrogen-bond acceptors (Lipinski definition) is 6. The van der Waals surface area contributed by atoms with Crippen molar-refractivity contribution in [3.05, 3.63) is 65.2 Å². The SMILES string of the molecule is Cc1csc(Sc2ccc(NC(=O)c3ccc(S(=O)(=O)N4CCCC4)cc3)cc2)n1. The predicted molar refractivity (Wildman–Crippen MR) is 120 cm³/mol. The number of rotatable bonds is 6. The lowest BCUT2D eigenvalue weighted by molar-refractivity contribution is 0.102. The van der Waals surface area contributed by atoms with Crippen LogP contribution in [0.1, 0.15) is 28.9 Å². The van der Waals surface area contributed by atoms with Crippen LogP contribution in [0.2, 0.25) is 0 Å². The maximum absolute atomic E-state index is 12.6. The van der Waals surface area contributed by atoms with Gasteiger partial charge in [-0.1, -0.05) is 11.8 Å². The second-order valence-corrected chi connectivity index (χ2v) is 11.1. The molecule has 0 radical (unpaired) electrons. The van der Waals surface area contributed by atoms with Gasteiger partial charge in [-0.3, -0.25) is 4.79 Å². The summed E-state index contributed by atoms with van der Waals surface area (Å²) in [5, 5.41) is 4.86. The smallest absolute Gasteiger partial charge is 0.255 e. The van der Waals surface area contributed by atoms with E-state index >= 15 is 0 Å². The van der Waals surface area contributed by atoms with Crippen molar-refractivity contribution in [2.24, 2.45) is 0 Å². The highest BCUT2D eigenvalue weighted by atomic mass is 32.2. The lowest BCUT2D eigenvalue weighted by atomic mass is 10.2. The Morgan fingerprint density at radius 1 is 1.07 bits per heavy atom. The minimum atomic E-state index is -3.47. The van der Waals surface area contributed by atoms with E-state index < -0.39 is 10.0 Å². The summed E-state index contributed by atoms with van der Waals surface area (Å²) in [6.45, 7) is 3.08. The molecule has 9 heteroatoms. The zero-order valence-electron chi connectivity index (χ0n) is 16.4. The van der Waals surface area contributed by atoms with Crippen LogP contribution < -0.4 is 5.32 Å². The third-order valence-electron chi connectivity index (χ3n) is 4.73. The van der Waals surface area contributed by atoms with Crippen LogP contribution in [0.4, 0.5) is 5.69 Å². The van der Waals surface area contributed by atoms with Crippen molar-refractivity contribution in [2.75, 3.05) is 18.4 Å². The summed E-state index contributed by atoms with van der Waals surface area (Å²) in [5.41, 5.74) is 2.09. The fourth-order valence-corrected chi connectivity index (χ4v) is 6.47. The third kappa shape index (κ3) is 4.75. The van der Waals surface area contributed by atoms with Gasteiger partial charge in [0.15, 0.2) is 4.34 Å². The number of carbonyl (C=O) groups is 1. The quantitative estimate of drug-likeness (QED) is 0.581. The van der Waals surface area contributed by atoms with E-state index in [9.17, 15) is 13.2 Å². The summed E-state index contributed by atoms with van der Waals surface area (Å²) < 4.78 is 27.7. The number of aryl methyl sites for hydroxylation is 1. The molecule has 1 aliphatic heterocycles. The third-order valence-corrected chi connectivity index (χ3v) is 8.71. The minimum Gasteiger partial charge on any atom is -0.322 e. The van der Waals surface area contributed by atoms with Gasteiger partial charge < -0.3 is 5.32 Å². The van der Waals surface area contributed by atoms with E-state index in [2.05, 4.69) is 10.3 Å². The van der Waals surface area contributed by atoms with Crippen LogP contribution in [-0.2, 0) is 10.0 Å². The zero-order valence-corrected chi connectivity index (χ0v) is 18.8. The van der Waals surface area contributed by atoms with Crippen LogP contribution in [0.15, 0.2) is 68.0 Å². The van der Waals surface area contributed by atoms with Gasteiger partial charge in [0.2, 0.25) is 10.0 Å². The van der Waals surface area contributed by atoms with Crippen LogP contribution in [-0.4, -0.2) is 36.7 Å². The van der Waals surface area contributed by atoms with Crippen LogP contribution in [0, 0.1) is 6.92 Å². The molecule has 4 rings (SSSR count). The van der Waals surface area contributed by atoms with Crippen molar-refractivity contribution in [2.45, 2.75) is 33.9 Å². The summed E-state index contributed by atoms with van der Waals surface area (Å²) in [6.07, 6.45) is 1.78. The first kappa shape index (κ1) is 21.0. The van der Waals surface area contributed by atoms with Gasteiger partial charge in [0.05, 0.1) is 4.90 Å². The second kappa shape index (κ2) is 8.89. The Bertz CT molecular complexity index is 1130. The van der Waals surface area contributed by atoms with Crippen molar-refractivity contribution in [1.29, 1.82) is 0 Å². The van der Waals surface area contributed by atoms with E-state index in [-0.39, 0.29) is 10.8 Å². The standard InChI is InChI=1S/C21H21N3O3S3/c1-15-14-28-21(22-15)29-18-8-6-17(7-9-18)23-20(25)16-4-10-19(11-5-16)30(26,27)24-12-2-3-13-24/h4-11,14H,2-3,12-13H2,1H3,(H,23,25). The highest BCUT2D eigenvalue weighted by molar-refractivity contribution is 8.01. The van der Waals surface area contributed by atoms with Crippen molar-refractivity contribution < 1.29 is 13.2 Å². The summed E-state index contributed by atoms with van der Waals surface area (Å²) in [5.74, 6) is -0.281. The Morgan fingerprint density at radius 2 is 1.73 bits per heavy atom. The summed E-state index contributed by atoms with van der Waals surface area (Å²) >= 11 is 3.18. The second-order valence-electron chi connectivity index (χ2n) is 6.97. The van der Waals surface area contributed by atoms with Crippen LogP contribution >= 0.6 is 23.1 Å². The molecule has 0 saturated carbocycles. The lowest BCUT2D eigenvalue weighted by Crippen LogP contribution is -2.27. The molecule has 0 bridgehead atoms. The minimum absolute atomic E-state index is 0.222. The largest absolute Gasteiger partial charge is 0.322 e. The van der Waals surface area contributed by atoms with Gasteiger partial charge in [0.25, 0.3) is 5.91 Å². The zero-order chi connectivity index (χ0) is 21.1. The number of carbonyl (C=O) groups excluding carboxylic acids is 1. The van der Waals surface area contributed by atoms with E-state index in [1.54, 1.807) is 35.2 Å². The Hall–Kier alpha value is -2.20. The number of aromatic nitrogens is 1. The molecule has 3 aromatic rings. The molecule has 1 fully saturated rings. The first-order valence-corrected chi connectivity index (χ1v) is 12.7. The fourth-order valence-electron chi connectivity index (χ4n) is 3.15. The summed E-state index contributed by atoms with van der Waals surface area (Å²) in [6, 6.07) is 13.6. The molecule has 1 aromatic heterocycles. The normalized spacial score (nSPS) is 14.7. The molecule has 156 valence electrons. The fraction of sp³-hybridized carbons (Fsp3) is 0.238. The molecule has 0 atom stereocenters. The van der Waals surface area contributed by atoms with Gasteiger partial charge in [0.1, 0.15) is 0 Å². The first-order chi connectivity index (χ1) is 14.4. The molecular formula is C21H21N3O3S3. The highest BCUT2D eigenvalue weighted by Crippen LogP contribution is 2.31. The van der Waals surface area contributed by atoms with Crippen LogP contribution in [0.3, 0.4) is 0 Å². The number of benzene rings is 2. The maximum Gasteiger partial charge on any atom is 0.255 e. The van der Waals surface area contributed by atoms with Gasteiger partial charge in [0, 0.05) is 40.3 Å². The average Bonchev–Trinajstić information content (AvgIpc) is 3.42. The molecule has 1 aliphatic rings. The van der Waals surface area contributed by atoms with E-state index in [0.717, 1.165) is 27.8 Å². The lowest BCUT2D eigenvalue weighted by Gasteiger charge is -2.15. The van der Waals surface area contributed by atoms with Crippen molar-refractivity contribution in [3.63, 3.8) is 0 Å². The molecule has 6 nitrogen and oxygen atoms in total. The number of anilines is 1. The Balaban J connectivity index is 1.40. The maximum atomic E-state index is 12.6. The van der Waals surface area contributed by atoms with Gasteiger partial charge >= 0.3 is 0 Å². The van der Waals surface area contributed by atoms with Crippen molar-refractivity contribution in [1.82, 2.24) is 9.29 Å². The molecule has 1 saturated heterocycles. The average molecular weight is 460 g/mol. The molecule has 30 heavy (non-hydrogen) atoms. The summed E-state index contributed by atoms with van der Waals surface area (Å²) in [7, 11) is -3.47. The molecule has 0 aliphatic carbocycles. The van der Waals surface area contributed by atoms with Crippen LogP contribution in [0.5, 0.6) is 0 Å². The van der Waals surface area contributed by atoms with Gasteiger partial charge in [-0.15, -0.1) is 11.3 Å². The number of amides is 1. The number of nitrogens with one attached hydrogen (secondary N) is 1. The molecular weight excluding hydrogens is 438 g/mol. The topological polar surface area (TPSA) is 79.4 Å². The number of hydrogen-bond donors (Lipinski definition) is 1. The Kier molecular flexibility index (Phi) is 6.24. The predicted octanol–water partition coefficient (Wildman–Crippen LogP) is 4.64. The summed E-state index contributed by atoms with van der Waals surface area (Å²) in [4.78, 5) is 18.2.